The topological polar surface area (TPSA) is 79.8 Å². The van der Waals surface area contributed by atoms with Gasteiger partial charge in [-0.05, 0) is 31.5 Å². The third-order valence-corrected chi connectivity index (χ3v) is 4.43. The molecule has 1 aliphatic rings. The molecule has 0 fully saturated rings. The Morgan fingerprint density at radius 3 is 2.85 bits per heavy atom. The van der Waals surface area contributed by atoms with Gasteiger partial charge in [-0.2, -0.15) is 0 Å². The van der Waals surface area contributed by atoms with Gasteiger partial charge in [0.15, 0.2) is 0 Å². The van der Waals surface area contributed by atoms with Gasteiger partial charge in [-0.15, -0.1) is 0 Å². The molecular formula is C19H16ClN5O. The van der Waals surface area contributed by atoms with Crippen LogP contribution in [0.4, 0.5) is 17.3 Å². The second-order valence-corrected chi connectivity index (χ2v) is 6.69. The van der Waals surface area contributed by atoms with E-state index in [9.17, 15) is 4.79 Å². The summed E-state index contributed by atoms with van der Waals surface area (Å²) >= 11 is 6.03. The first-order chi connectivity index (χ1) is 12.5. The van der Waals surface area contributed by atoms with E-state index in [4.69, 9.17) is 11.6 Å². The van der Waals surface area contributed by atoms with E-state index in [0.29, 0.717) is 11.0 Å². The second-order valence-electron chi connectivity index (χ2n) is 6.25. The Bertz CT molecular complexity index is 1030. The van der Waals surface area contributed by atoms with Gasteiger partial charge in [0.2, 0.25) is 11.9 Å². The van der Waals surface area contributed by atoms with E-state index >= 15 is 0 Å². The van der Waals surface area contributed by atoms with E-state index in [2.05, 4.69) is 25.6 Å². The van der Waals surface area contributed by atoms with Gasteiger partial charge in [-0.25, -0.2) is 9.97 Å². The maximum Gasteiger partial charge on any atom is 0.228 e. The summed E-state index contributed by atoms with van der Waals surface area (Å²) in [6.45, 7) is 3.86. The number of carbonyl (C=O) groups is 1. The van der Waals surface area contributed by atoms with Crippen molar-refractivity contribution in [1.82, 2.24) is 15.0 Å². The zero-order valence-electron chi connectivity index (χ0n) is 14.3. The summed E-state index contributed by atoms with van der Waals surface area (Å²) in [5, 5.41) is 6.63. The first-order valence-electron chi connectivity index (χ1n) is 8.15. The highest BCUT2D eigenvalue weighted by atomic mass is 35.5. The molecule has 2 N–H and O–H groups in total. The van der Waals surface area contributed by atoms with Gasteiger partial charge in [0, 0.05) is 23.5 Å². The fraction of sp³-hybridized carbons (Fsp3) is 0.158. The lowest BCUT2D eigenvalue weighted by atomic mass is 10.0. The van der Waals surface area contributed by atoms with Crippen molar-refractivity contribution in [2.45, 2.75) is 20.3 Å². The lowest BCUT2D eigenvalue weighted by molar-refractivity contribution is -0.115. The van der Waals surface area contributed by atoms with Crippen LogP contribution in [0.1, 0.15) is 16.8 Å². The molecule has 0 aliphatic carbocycles. The van der Waals surface area contributed by atoms with Gasteiger partial charge in [-0.3, -0.25) is 9.78 Å². The molecule has 1 amide bonds. The Balaban J connectivity index is 1.80. The average molecular weight is 366 g/mol. The lowest BCUT2D eigenvalue weighted by Crippen LogP contribution is -2.13. The van der Waals surface area contributed by atoms with Gasteiger partial charge in [0.05, 0.1) is 34.2 Å². The summed E-state index contributed by atoms with van der Waals surface area (Å²) < 4.78 is 0. The molecule has 0 radical (unpaired) electrons. The van der Waals surface area contributed by atoms with Gasteiger partial charge < -0.3 is 10.6 Å². The Kier molecular flexibility index (Phi) is 4.05. The quantitative estimate of drug-likeness (QED) is 0.716. The van der Waals surface area contributed by atoms with E-state index in [-0.39, 0.29) is 12.3 Å². The van der Waals surface area contributed by atoms with Crippen molar-refractivity contribution in [3.05, 3.63) is 58.5 Å². The van der Waals surface area contributed by atoms with Crippen LogP contribution in [0.2, 0.25) is 5.02 Å². The minimum Gasteiger partial charge on any atom is -0.325 e. The first kappa shape index (κ1) is 16.5. The smallest absolute Gasteiger partial charge is 0.228 e. The number of pyridine rings is 1. The molecule has 4 rings (SSSR count). The van der Waals surface area contributed by atoms with E-state index in [1.807, 2.05) is 32.0 Å². The molecule has 7 heteroatoms. The number of hydrogen-bond acceptors (Lipinski definition) is 5. The van der Waals surface area contributed by atoms with Crippen LogP contribution in [0.15, 0.2) is 36.7 Å². The Morgan fingerprint density at radius 1 is 1.15 bits per heavy atom. The van der Waals surface area contributed by atoms with Crippen LogP contribution >= 0.6 is 11.6 Å². The number of hydrogen-bond donors (Lipinski definition) is 2. The Labute approximate surface area is 155 Å². The predicted octanol–water partition coefficient (Wildman–Crippen LogP) is 4.05. The molecular weight excluding hydrogens is 350 g/mol. The van der Waals surface area contributed by atoms with Crippen molar-refractivity contribution in [3.63, 3.8) is 0 Å². The van der Waals surface area contributed by atoms with Crippen LogP contribution in [-0.4, -0.2) is 20.9 Å². The van der Waals surface area contributed by atoms with Crippen LogP contribution in [0, 0.1) is 13.8 Å². The maximum atomic E-state index is 12.2. The van der Waals surface area contributed by atoms with Crippen LogP contribution in [-0.2, 0) is 11.2 Å². The van der Waals surface area contributed by atoms with Crippen molar-refractivity contribution in [3.8, 4) is 11.3 Å². The molecule has 2 aromatic heterocycles. The van der Waals surface area contributed by atoms with Crippen LogP contribution in [0.25, 0.3) is 11.3 Å². The van der Waals surface area contributed by atoms with Gasteiger partial charge in [0.1, 0.15) is 0 Å². The third kappa shape index (κ3) is 3.11. The number of benzene rings is 1. The van der Waals surface area contributed by atoms with Gasteiger partial charge >= 0.3 is 0 Å². The van der Waals surface area contributed by atoms with E-state index in [1.54, 1.807) is 18.5 Å². The number of aromatic nitrogens is 3. The number of fused-ring (bicyclic) bond motifs is 3. The number of carbonyl (C=O) groups excluding carboxylic acids is 1. The maximum absolute atomic E-state index is 12.2. The normalized spacial score (nSPS) is 12.7. The summed E-state index contributed by atoms with van der Waals surface area (Å²) in [5.41, 5.74) is 5.77. The molecule has 130 valence electrons. The molecule has 0 atom stereocenters. The van der Waals surface area contributed by atoms with Crippen LogP contribution in [0.3, 0.4) is 0 Å². The first-order valence-corrected chi connectivity index (χ1v) is 8.53. The summed E-state index contributed by atoms with van der Waals surface area (Å²) in [4.78, 5) is 25.4. The van der Waals surface area contributed by atoms with Crippen LogP contribution in [0.5, 0.6) is 0 Å². The van der Waals surface area contributed by atoms with E-state index in [1.165, 1.54) is 0 Å². The summed E-state index contributed by atoms with van der Waals surface area (Å²) in [6.07, 6.45) is 3.52. The average Bonchev–Trinajstić information content (AvgIpc) is 2.73. The highest BCUT2D eigenvalue weighted by Crippen LogP contribution is 2.34. The summed E-state index contributed by atoms with van der Waals surface area (Å²) in [7, 11) is 0. The minimum absolute atomic E-state index is 0.0743. The fourth-order valence-corrected chi connectivity index (χ4v) is 3.08. The minimum atomic E-state index is -0.0743. The third-order valence-electron chi connectivity index (χ3n) is 4.22. The van der Waals surface area contributed by atoms with E-state index < -0.39 is 0 Å². The lowest BCUT2D eigenvalue weighted by Gasteiger charge is -2.12. The molecule has 0 saturated carbocycles. The molecule has 26 heavy (non-hydrogen) atoms. The number of halogens is 1. The zero-order valence-corrected chi connectivity index (χ0v) is 15.1. The highest BCUT2D eigenvalue weighted by Gasteiger charge is 2.21. The van der Waals surface area contributed by atoms with Crippen molar-refractivity contribution in [2.24, 2.45) is 0 Å². The molecule has 3 heterocycles. The molecule has 0 spiro atoms. The number of rotatable bonds is 2. The molecule has 6 nitrogen and oxygen atoms in total. The number of nitrogens with zero attached hydrogens (tertiary/aromatic N) is 3. The van der Waals surface area contributed by atoms with Gasteiger partial charge in [0.25, 0.3) is 0 Å². The monoisotopic (exact) mass is 365 g/mol. The fourth-order valence-electron chi connectivity index (χ4n) is 2.92. The van der Waals surface area contributed by atoms with Crippen molar-refractivity contribution in [1.29, 1.82) is 0 Å². The SMILES string of the molecule is Cc1ccc2c(c1)NC(=O)Cc1cnc(Nc3cc(Cl)cnc3C)nc1-2. The Morgan fingerprint density at radius 2 is 2.00 bits per heavy atom. The molecule has 0 unspecified atom stereocenters. The number of nitrogens with one attached hydrogen (secondary N) is 2. The Hall–Kier alpha value is -2.99. The molecule has 0 bridgehead atoms. The number of amides is 1. The molecule has 3 aromatic rings. The number of aryl methyl sites for hydroxylation is 2. The molecule has 0 saturated heterocycles. The molecule has 1 aromatic carbocycles. The second kappa shape index (κ2) is 6.38. The van der Waals surface area contributed by atoms with Gasteiger partial charge in [-0.1, -0.05) is 23.7 Å². The van der Waals surface area contributed by atoms with Crippen molar-refractivity contribution >= 4 is 34.8 Å². The standard InChI is InChI=1S/C19H16ClN5O/c1-10-3-4-14-16(5-10)23-17(26)6-12-8-22-19(25-18(12)14)24-15-7-13(20)9-21-11(15)2/h3-5,7-9H,6H2,1-2H3,(H,23,26)(H,22,24,25). The van der Waals surface area contributed by atoms with Crippen molar-refractivity contribution < 1.29 is 4.79 Å². The number of anilines is 3. The molecule has 1 aliphatic heterocycles. The highest BCUT2D eigenvalue weighted by molar-refractivity contribution is 6.30. The van der Waals surface area contributed by atoms with Crippen LogP contribution < -0.4 is 10.6 Å². The van der Waals surface area contributed by atoms with E-state index in [0.717, 1.165) is 39.5 Å². The zero-order chi connectivity index (χ0) is 18.3. The summed E-state index contributed by atoms with van der Waals surface area (Å²) in [6, 6.07) is 7.70. The van der Waals surface area contributed by atoms with Crippen molar-refractivity contribution in [2.75, 3.05) is 10.6 Å². The largest absolute Gasteiger partial charge is 0.325 e. The summed E-state index contributed by atoms with van der Waals surface area (Å²) in [5.74, 6) is 0.353. The predicted molar refractivity (Wildman–Crippen MR) is 102 cm³/mol.